The highest BCUT2D eigenvalue weighted by molar-refractivity contribution is 6.34. The highest BCUT2D eigenvalue weighted by Crippen LogP contribution is 2.33. The van der Waals surface area contributed by atoms with Crippen molar-refractivity contribution in [1.29, 1.82) is 0 Å². The van der Waals surface area contributed by atoms with Crippen molar-refractivity contribution >= 4 is 46.0 Å². The van der Waals surface area contributed by atoms with Gasteiger partial charge >= 0.3 is 5.97 Å². The molecular weight excluding hydrogens is 506 g/mol. The molecule has 1 aromatic heterocycles. The summed E-state index contributed by atoms with van der Waals surface area (Å²) in [6.45, 7) is 4.22. The van der Waals surface area contributed by atoms with E-state index in [9.17, 15) is 9.59 Å². The number of nitrogens with zero attached hydrogens (tertiary/aromatic N) is 4. The number of carboxylic acids is 1. The van der Waals surface area contributed by atoms with E-state index in [-0.39, 0.29) is 24.8 Å². The zero-order valence-electron chi connectivity index (χ0n) is 19.7. The predicted molar refractivity (Wildman–Crippen MR) is 137 cm³/mol. The zero-order valence-corrected chi connectivity index (χ0v) is 21.2. The monoisotopic (exact) mass is 532 g/mol. The van der Waals surface area contributed by atoms with Crippen LogP contribution >= 0.6 is 23.2 Å². The lowest BCUT2D eigenvalue weighted by molar-refractivity contribution is -0.139. The van der Waals surface area contributed by atoms with Gasteiger partial charge in [0.25, 0.3) is 0 Å². The average Bonchev–Trinajstić information content (AvgIpc) is 3.13. The van der Waals surface area contributed by atoms with Crippen LogP contribution in [0, 0.1) is 5.82 Å². The summed E-state index contributed by atoms with van der Waals surface area (Å²) in [6, 6.07) is 10.4. The summed E-state index contributed by atoms with van der Waals surface area (Å²) in [4.78, 5) is 30.0. The van der Waals surface area contributed by atoms with E-state index in [0.717, 1.165) is 22.2 Å². The molecule has 0 aliphatic carbocycles. The third-order valence-corrected chi connectivity index (χ3v) is 7.46. The average molecular weight is 533 g/mol. The number of fused-ring (bicyclic) bond motifs is 3. The Morgan fingerprint density at radius 2 is 1.61 bits per heavy atom. The Bertz CT molecular complexity index is 1300. The van der Waals surface area contributed by atoms with Crippen molar-refractivity contribution < 1.29 is 19.1 Å². The van der Waals surface area contributed by atoms with Crippen LogP contribution in [0.25, 0.3) is 10.9 Å². The Morgan fingerprint density at radius 3 is 2.28 bits per heavy atom. The van der Waals surface area contributed by atoms with Gasteiger partial charge in [-0.25, -0.2) is 4.39 Å². The number of carbonyl (C=O) groups is 2. The minimum absolute atomic E-state index is 0.0234. The largest absolute Gasteiger partial charge is 0.480 e. The second-order valence-electron chi connectivity index (χ2n) is 9.44. The van der Waals surface area contributed by atoms with E-state index in [1.54, 1.807) is 12.1 Å². The van der Waals surface area contributed by atoms with Crippen molar-refractivity contribution in [3.05, 3.63) is 69.1 Å². The van der Waals surface area contributed by atoms with Crippen molar-refractivity contribution in [2.24, 2.45) is 0 Å². The van der Waals surface area contributed by atoms with Gasteiger partial charge in [-0.2, -0.15) is 0 Å². The van der Waals surface area contributed by atoms with Gasteiger partial charge in [-0.3, -0.25) is 19.4 Å². The number of hydrogen-bond donors (Lipinski definition) is 1. The van der Waals surface area contributed by atoms with E-state index in [4.69, 9.17) is 28.3 Å². The molecule has 1 saturated heterocycles. The maximum Gasteiger partial charge on any atom is 0.317 e. The highest BCUT2D eigenvalue weighted by atomic mass is 35.5. The molecule has 36 heavy (non-hydrogen) atoms. The SMILES string of the molecule is O=C(O)CN1CCN(CC(=O)N2CCc3c(n(Cc4cc(Cl)cc(Cl)c4)c4c(F)cccc34)C2)CC1. The Morgan fingerprint density at radius 1 is 0.944 bits per heavy atom. The van der Waals surface area contributed by atoms with Gasteiger partial charge in [-0.05, 0) is 41.8 Å². The van der Waals surface area contributed by atoms with Crippen LogP contribution in [-0.4, -0.2) is 82.1 Å². The standard InChI is InChI=1S/C26H27Cl2FN4O3/c27-18-10-17(11-19(28)12-18)13-33-23-14-32(5-4-20(23)21-2-1-3-22(29)26(21)33)24(34)15-30-6-8-31(9-7-30)16-25(35)36/h1-3,10-12H,4-9,13-16H2,(H,35,36). The van der Waals surface area contributed by atoms with Gasteiger partial charge in [-0.1, -0.05) is 35.3 Å². The number of aromatic nitrogens is 1. The van der Waals surface area contributed by atoms with Gasteiger partial charge in [0.15, 0.2) is 0 Å². The Labute approximate surface area is 218 Å². The summed E-state index contributed by atoms with van der Waals surface area (Å²) < 4.78 is 17.0. The van der Waals surface area contributed by atoms with Crippen LogP contribution in [0.15, 0.2) is 36.4 Å². The van der Waals surface area contributed by atoms with Crippen LogP contribution in [0.3, 0.4) is 0 Å². The van der Waals surface area contributed by atoms with Gasteiger partial charge in [0.05, 0.1) is 25.2 Å². The van der Waals surface area contributed by atoms with Crippen molar-refractivity contribution in [1.82, 2.24) is 19.3 Å². The molecule has 190 valence electrons. The number of rotatable bonds is 6. The normalized spacial score (nSPS) is 16.9. The molecule has 0 unspecified atom stereocenters. The molecule has 2 aromatic carbocycles. The lowest BCUT2D eigenvalue weighted by Crippen LogP contribution is -2.51. The van der Waals surface area contributed by atoms with Gasteiger partial charge in [0, 0.05) is 60.4 Å². The number of amides is 1. The van der Waals surface area contributed by atoms with E-state index in [1.165, 1.54) is 6.07 Å². The Kier molecular flexibility index (Phi) is 7.21. The summed E-state index contributed by atoms with van der Waals surface area (Å²) in [7, 11) is 0. The van der Waals surface area contributed by atoms with Gasteiger partial charge in [-0.15, -0.1) is 0 Å². The second kappa shape index (κ2) is 10.4. The number of para-hydroxylation sites is 1. The number of carboxylic acid groups (broad SMARTS) is 1. The summed E-state index contributed by atoms with van der Waals surface area (Å²) in [6.07, 6.45) is 0.650. The molecule has 1 N–H and O–H groups in total. The fraction of sp³-hybridized carbons (Fsp3) is 0.385. The molecule has 5 rings (SSSR count). The molecule has 3 aromatic rings. The predicted octanol–water partition coefficient (Wildman–Crippen LogP) is 3.72. The zero-order chi connectivity index (χ0) is 25.4. The van der Waals surface area contributed by atoms with Crippen LogP contribution in [0.1, 0.15) is 16.8 Å². The van der Waals surface area contributed by atoms with Crippen molar-refractivity contribution in [3.8, 4) is 0 Å². The van der Waals surface area contributed by atoms with Crippen LogP contribution in [0.5, 0.6) is 0 Å². The van der Waals surface area contributed by atoms with Crippen molar-refractivity contribution in [3.63, 3.8) is 0 Å². The third kappa shape index (κ3) is 5.22. The van der Waals surface area contributed by atoms with Crippen LogP contribution < -0.4 is 0 Å². The molecule has 0 bridgehead atoms. The Hall–Kier alpha value is -2.65. The number of aliphatic carboxylic acids is 1. The number of carbonyl (C=O) groups excluding carboxylic acids is 1. The van der Waals surface area contributed by atoms with Crippen LogP contribution in [-0.2, 0) is 29.1 Å². The van der Waals surface area contributed by atoms with E-state index in [1.807, 2.05) is 32.6 Å². The van der Waals surface area contributed by atoms with E-state index < -0.39 is 5.97 Å². The topological polar surface area (TPSA) is 69.0 Å². The quantitative estimate of drug-likeness (QED) is 0.523. The Balaban J connectivity index is 1.37. The first kappa shape index (κ1) is 25.0. The first-order valence-corrected chi connectivity index (χ1v) is 12.7. The third-order valence-electron chi connectivity index (χ3n) is 7.03. The summed E-state index contributed by atoms with van der Waals surface area (Å²) in [5.41, 5.74) is 3.39. The maximum atomic E-state index is 15.1. The molecule has 10 heteroatoms. The fourth-order valence-corrected chi connectivity index (χ4v) is 5.88. The van der Waals surface area contributed by atoms with Crippen LogP contribution in [0.2, 0.25) is 10.0 Å². The molecule has 0 saturated carbocycles. The van der Waals surface area contributed by atoms with Gasteiger partial charge < -0.3 is 14.6 Å². The number of benzene rings is 2. The molecule has 1 amide bonds. The first-order valence-electron chi connectivity index (χ1n) is 12.0. The lowest BCUT2D eigenvalue weighted by atomic mass is 10.0. The summed E-state index contributed by atoms with van der Waals surface area (Å²) >= 11 is 12.4. The summed E-state index contributed by atoms with van der Waals surface area (Å²) in [5, 5.41) is 10.9. The van der Waals surface area contributed by atoms with Gasteiger partial charge in [0.2, 0.25) is 5.91 Å². The van der Waals surface area contributed by atoms with Crippen LogP contribution in [0.4, 0.5) is 4.39 Å². The lowest BCUT2D eigenvalue weighted by Gasteiger charge is -2.35. The van der Waals surface area contributed by atoms with Crippen molar-refractivity contribution in [2.45, 2.75) is 19.5 Å². The molecular formula is C26H27Cl2FN4O3. The van der Waals surface area contributed by atoms with E-state index in [2.05, 4.69) is 4.90 Å². The molecule has 1 fully saturated rings. The van der Waals surface area contributed by atoms with Gasteiger partial charge in [0.1, 0.15) is 5.82 Å². The molecule has 0 radical (unpaired) electrons. The molecule has 2 aliphatic rings. The van der Waals surface area contributed by atoms with E-state index >= 15 is 4.39 Å². The van der Waals surface area contributed by atoms with E-state index in [0.29, 0.717) is 67.8 Å². The molecule has 0 atom stereocenters. The first-order chi connectivity index (χ1) is 17.3. The summed E-state index contributed by atoms with van der Waals surface area (Å²) in [5.74, 6) is -1.11. The minimum Gasteiger partial charge on any atom is -0.480 e. The van der Waals surface area contributed by atoms with Crippen molar-refractivity contribution in [2.75, 3.05) is 45.8 Å². The smallest absolute Gasteiger partial charge is 0.317 e. The minimum atomic E-state index is -0.837. The highest BCUT2D eigenvalue weighted by Gasteiger charge is 2.29. The molecule has 2 aliphatic heterocycles. The number of hydrogen-bond acceptors (Lipinski definition) is 4. The molecule has 3 heterocycles. The number of halogens is 3. The fourth-order valence-electron chi connectivity index (χ4n) is 5.31. The molecule has 7 nitrogen and oxygen atoms in total. The number of piperazine rings is 1. The second-order valence-corrected chi connectivity index (χ2v) is 10.3. The molecule has 0 spiro atoms. The maximum absolute atomic E-state index is 15.1.